The lowest BCUT2D eigenvalue weighted by molar-refractivity contribution is -0.385. The Balaban J connectivity index is 2.08. The van der Waals surface area contributed by atoms with Crippen LogP contribution in [0.3, 0.4) is 0 Å². The summed E-state index contributed by atoms with van der Waals surface area (Å²) in [6.45, 7) is 6.02. The van der Waals surface area contributed by atoms with Crippen LogP contribution in [0.1, 0.15) is 18.9 Å². The van der Waals surface area contributed by atoms with Crippen molar-refractivity contribution in [2.24, 2.45) is 0 Å². The molecule has 0 spiro atoms. The van der Waals surface area contributed by atoms with Crippen molar-refractivity contribution in [2.75, 3.05) is 53.2 Å². The lowest BCUT2D eigenvalue weighted by atomic mass is 10.1. The molecule has 0 atom stereocenters. The molecule has 0 N–H and O–H groups in total. The predicted octanol–water partition coefficient (Wildman–Crippen LogP) is 1.38. The highest BCUT2D eigenvalue weighted by molar-refractivity contribution is 6.34. The molecule has 2 rings (SSSR count). The first kappa shape index (κ1) is 22.6. The number of ether oxygens (including phenoxy) is 4. The Hall–Kier alpha value is -2.72. The number of nitrogens with zero attached hydrogens (tertiary/aromatic N) is 2. The fourth-order valence-corrected chi connectivity index (χ4v) is 2.93. The van der Waals surface area contributed by atoms with Crippen molar-refractivity contribution < 1.29 is 33.5 Å². The number of carbonyl (C=O) groups excluding carboxylic acids is 2. The summed E-state index contributed by atoms with van der Waals surface area (Å²) in [7, 11) is 1.38. The number of benzene rings is 1. The Morgan fingerprint density at radius 1 is 1.24 bits per heavy atom. The number of ketones is 1. The molecule has 1 aromatic rings. The molecule has 10 nitrogen and oxygen atoms in total. The zero-order chi connectivity index (χ0) is 21.2. The first-order valence-electron chi connectivity index (χ1n) is 9.44. The summed E-state index contributed by atoms with van der Waals surface area (Å²) in [4.78, 5) is 36.6. The van der Waals surface area contributed by atoms with E-state index < -0.39 is 23.1 Å². The molecule has 0 unspecified atom stereocenters. The quantitative estimate of drug-likeness (QED) is 0.175. The van der Waals surface area contributed by atoms with Crippen LogP contribution in [0.5, 0.6) is 11.5 Å². The molecule has 1 saturated heterocycles. The number of rotatable bonds is 11. The van der Waals surface area contributed by atoms with Gasteiger partial charge in [0, 0.05) is 31.6 Å². The van der Waals surface area contributed by atoms with Crippen LogP contribution in [0.4, 0.5) is 5.69 Å². The minimum Gasteiger partial charge on any atom is -0.493 e. The van der Waals surface area contributed by atoms with E-state index in [2.05, 4.69) is 9.64 Å². The van der Waals surface area contributed by atoms with E-state index in [4.69, 9.17) is 14.2 Å². The van der Waals surface area contributed by atoms with Crippen LogP contribution in [0, 0.1) is 10.1 Å². The van der Waals surface area contributed by atoms with Gasteiger partial charge in [-0.3, -0.25) is 19.8 Å². The first-order valence-corrected chi connectivity index (χ1v) is 9.44. The maximum Gasteiger partial charge on any atom is 0.374 e. The van der Waals surface area contributed by atoms with Crippen molar-refractivity contribution in [3.8, 4) is 11.5 Å². The maximum atomic E-state index is 12.0. The minimum absolute atomic E-state index is 0.0484. The number of hydrogen-bond donors (Lipinski definition) is 0. The first-order chi connectivity index (χ1) is 14.0. The van der Waals surface area contributed by atoms with Crippen LogP contribution in [-0.4, -0.2) is 74.7 Å². The van der Waals surface area contributed by atoms with E-state index in [0.29, 0.717) is 6.61 Å². The summed E-state index contributed by atoms with van der Waals surface area (Å²) in [5, 5.41) is 11.4. The minimum atomic E-state index is -1.02. The largest absolute Gasteiger partial charge is 0.493 e. The molecule has 1 fully saturated rings. The Morgan fingerprint density at radius 2 is 1.97 bits per heavy atom. The zero-order valence-electron chi connectivity index (χ0n) is 16.7. The van der Waals surface area contributed by atoms with Crippen LogP contribution in [0.2, 0.25) is 0 Å². The average molecular weight is 410 g/mol. The number of nitro benzene ring substituents is 1. The van der Waals surface area contributed by atoms with Gasteiger partial charge in [0.15, 0.2) is 11.5 Å². The van der Waals surface area contributed by atoms with Crippen LogP contribution >= 0.6 is 0 Å². The molecule has 160 valence electrons. The van der Waals surface area contributed by atoms with Gasteiger partial charge in [-0.1, -0.05) is 0 Å². The number of carbonyl (C=O) groups is 2. The lowest BCUT2D eigenvalue weighted by Crippen LogP contribution is -2.37. The molecule has 0 aromatic heterocycles. The molecule has 1 aliphatic rings. The van der Waals surface area contributed by atoms with E-state index >= 15 is 0 Å². The fraction of sp³-hybridized carbons (Fsp3) is 0.579. The highest BCUT2D eigenvalue weighted by atomic mass is 16.6. The summed E-state index contributed by atoms with van der Waals surface area (Å²) < 4.78 is 20.9. The summed E-state index contributed by atoms with van der Waals surface area (Å²) in [5.74, 6) is -1.41. The summed E-state index contributed by atoms with van der Waals surface area (Å²) >= 11 is 0. The van der Waals surface area contributed by atoms with Gasteiger partial charge in [0.2, 0.25) is 5.78 Å². The van der Waals surface area contributed by atoms with E-state index in [9.17, 15) is 19.7 Å². The Kier molecular flexibility index (Phi) is 8.81. The van der Waals surface area contributed by atoms with Crippen molar-refractivity contribution in [2.45, 2.75) is 19.8 Å². The lowest BCUT2D eigenvalue weighted by Gasteiger charge is -2.26. The molecular weight excluding hydrogens is 384 g/mol. The summed E-state index contributed by atoms with van der Waals surface area (Å²) in [5.41, 5.74) is -0.253. The second-order valence-electron chi connectivity index (χ2n) is 6.37. The average Bonchev–Trinajstić information content (AvgIpc) is 2.72. The van der Waals surface area contributed by atoms with Gasteiger partial charge >= 0.3 is 5.97 Å². The van der Waals surface area contributed by atoms with E-state index in [1.54, 1.807) is 6.92 Å². The van der Waals surface area contributed by atoms with Gasteiger partial charge in [-0.05, 0) is 19.4 Å². The summed E-state index contributed by atoms with van der Waals surface area (Å²) in [6.07, 6.45) is 0.292. The van der Waals surface area contributed by atoms with Gasteiger partial charge < -0.3 is 18.9 Å². The van der Waals surface area contributed by atoms with Crippen LogP contribution in [0.25, 0.3) is 0 Å². The highest BCUT2D eigenvalue weighted by Gasteiger charge is 2.25. The van der Waals surface area contributed by atoms with Crippen molar-refractivity contribution in [3.63, 3.8) is 0 Å². The number of hydrogen-bond acceptors (Lipinski definition) is 9. The standard InChI is InChI=1S/C19H26N2O8/c1-3-28-19(23)16(22)11-14-12-18(17(26-2)13-15(14)21(24)25)29-8-4-5-20-6-9-27-10-7-20/h12-13H,3-11H2,1-2H3. The maximum absolute atomic E-state index is 12.0. The van der Waals surface area contributed by atoms with Crippen molar-refractivity contribution in [3.05, 3.63) is 27.8 Å². The number of esters is 1. The molecule has 0 bridgehead atoms. The molecule has 10 heteroatoms. The molecule has 1 aromatic carbocycles. The molecule has 0 saturated carbocycles. The summed E-state index contributed by atoms with van der Waals surface area (Å²) in [6, 6.07) is 2.58. The number of morpholine rings is 1. The Bertz CT molecular complexity index is 731. The third-order valence-corrected chi connectivity index (χ3v) is 4.40. The Labute approximate surface area is 168 Å². The second-order valence-corrected chi connectivity index (χ2v) is 6.37. The zero-order valence-corrected chi connectivity index (χ0v) is 16.7. The van der Waals surface area contributed by atoms with Gasteiger partial charge in [0.25, 0.3) is 5.69 Å². The molecular formula is C19H26N2O8. The van der Waals surface area contributed by atoms with Crippen molar-refractivity contribution in [1.82, 2.24) is 4.90 Å². The van der Waals surface area contributed by atoms with Crippen molar-refractivity contribution in [1.29, 1.82) is 0 Å². The monoisotopic (exact) mass is 410 g/mol. The molecule has 0 aliphatic carbocycles. The van der Waals surface area contributed by atoms with Gasteiger partial charge in [-0.25, -0.2) is 4.79 Å². The second kappa shape index (κ2) is 11.3. The van der Waals surface area contributed by atoms with Gasteiger partial charge in [-0.2, -0.15) is 0 Å². The number of nitro groups is 1. The van der Waals surface area contributed by atoms with Crippen LogP contribution in [0.15, 0.2) is 12.1 Å². The molecule has 1 aliphatic heterocycles. The third-order valence-electron chi connectivity index (χ3n) is 4.40. The molecule has 0 radical (unpaired) electrons. The van der Waals surface area contributed by atoms with E-state index in [-0.39, 0.29) is 29.4 Å². The predicted molar refractivity (Wildman–Crippen MR) is 102 cm³/mol. The highest BCUT2D eigenvalue weighted by Crippen LogP contribution is 2.35. The van der Waals surface area contributed by atoms with Crippen LogP contribution < -0.4 is 9.47 Å². The number of methoxy groups -OCH3 is 1. The van der Waals surface area contributed by atoms with E-state index in [1.165, 1.54) is 19.2 Å². The van der Waals surface area contributed by atoms with Crippen molar-refractivity contribution >= 4 is 17.4 Å². The molecule has 1 heterocycles. The third kappa shape index (κ3) is 6.68. The smallest absolute Gasteiger partial charge is 0.374 e. The fourth-order valence-electron chi connectivity index (χ4n) is 2.93. The normalized spacial score (nSPS) is 14.3. The Morgan fingerprint density at radius 3 is 2.59 bits per heavy atom. The van der Waals surface area contributed by atoms with Gasteiger partial charge in [0.05, 0.1) is 44.5 Å². The van der Waals surface area contributed by atoms with Gasteiger partial charge in [-0.15, -0.1) is 0 Å². The topological polar surface area (TPSA) is 117 Å². The number of Topliss-reactive ketones (excluding diaryl/α,β-unsaturated/α-hetero) is 1. The van der Waals surface area contributed by atoms with Gasteiger partial charge in [0.1, 0.15) is 0 Å². The van der Waals surface area contributed by atoms with E-state index in [1.807, 2.05) is 0 Å². The molecule has 29 heavy (non-hydrogen) atoms. The van der Waals surface area contributed by atoms with E-state index in [0.717, 1.165) is 39.3 Å². The SMILES string of the molecule is CCOC(=O)C(=O)Cc1cc(OCCCN2CCOCC2)c(OC)cc1[N+](=O)[O-]. The molecule has 0 amide bonds. The van der Waals surface area contributed by atoms with Crippen LogP contribution in [-0.2, 0) is 25.5 Å².